The molecule has 0 amide bonds. The smallest absolute Gasteiger partial charge is 0.175 e. The molecule has 17 heavy (non-hydrogen) atoms. The van der Waals surface area contributed by atoms with Crippen LogP contribution < -0.4 is 5.32 Å². The summed E-state index contributed by atoms with van der Waals surface area (Å²) in [6.07, 6.45) is 3.53. The lowest BCUT2D eigenvalue weighted by atomic mass is 9.92. The molecule has 1 saturated heterocycles. The second-order valence-electron chi connectivity index (χ2n) is 4.99. The molecule has 0 aromatic heterocycles. The first-order valence-electron chi connectivity index (χ1n) is 6.00. The highest BCUT2D eigenvalue weighted by molar-refractivity contribution is 7.90. The molecule has 0 spiro atoms. The predicted octanol–water partition coefficient (Wildman–Crippen LogP) is 2.15. The van der Waals surface area contributed by atoms with Gasteiger partial charge in [-0.25, -0.2) is 8.42 Å². The van der Waals surface area contributed by atoms with Crippen LogP contribution in [0, 0.1) is 5.92 Å². The van der Waals surface area contributed by atoms with Crippen molar-refractivity contribution in [2.24, 2.45) is 5.92 Å². The Balaban J connectivity index is 2.22. The number of sulfone groups is 1. The highest BCUT2D eigenvalue weighted by atomic mass is 32.2. The third kappa shape index (κ3) is 3.07. The molecule has 3 nitrogen and oxygen atoms in total. The highest BCUT2D eigenvalue weighted by Crippen LogP contribution is 2.26. The highest BCUT2D eigenvalue weighted by Gasteiger charge is 2.19. The van der Waals surface area contributed by atoms with E-state index in [9.17, 15) is 8.42 Å². The lowest BCUT2D eigenvalue weighted by molar-refractivity contribution is 0.332. The maximum absolute atomic E-state index is 11.5. The Morgan fingerprint density at radius 1 is 1.29 bits per heavy atom. The minimum Gasteiger partial charge on any atom is -0.310 e. The fourth-order valence-corrected chi connectivity index (χ4v) is 2.92. The van der Waals surface area contributed by atoms with Crippen LogP contribution >= 0.6 is 0 Å². The van der Waals surface area contributed by atoms with Crippen LogP contribution in [0.5, 0.6) is 0 Å². The summed E-state index contributed by atoms with van der Waals surface area (Å²) < 4.78 is 23.0. The van der Waals surface area contributed by atoms with Crippen LogP contribution in [-0.2, 0) is 9.84 Å². The van der Waals surface area contributed by atoms with Crippen molar-refractivity contribution in [1.82, 2.24) is 5.32 Å². The molecule has 2 rings (SSSR count). The van der Waals surface area contributed by atoms with Crippen molar-refractivity contribution in [3.8, 4) is 0 Å². The van der Waals surface area contributed by atoms with Crippen molar-refractivity contribution >= 4 is 9.84 Å². The van der Waals surface area contributed by atoms with Gasteiger partial charge in [-0.1, -0.05) is 19.1 Å². The number of rotatable bonds is 2. The number of piperidine rings is 1. The van der Waals surface area contributed by atoms with Gasteiger partial charge in [-0.3, -0.25) is 0 Å². The zero-order chi connectivity index (χ0) is 12.5. The number of hydrogen-bond acceptors (Lipinski definition) is 3. The van der Waals surface area contributed by atoms with Gasteiger partial charge in [0.2, 0.25) is 0 Å². The molecule has 1 fully saturated rings. The van der Waals surface area contributed by atoms with Crippen molar-refractivity contribution in [3.63, 3.8) is 0 Å². The fourth-order valence-electron chi connectivity index (χ4n) is 2.25. The van der Waals surface area contributed by atoms with Crippen LogP contribution in [0.1, 0.15) is 31.4 Å². The fraction of sp³-hybridized carbons (Fsp3) is 0.538. The molecule has 1 unspecified atom stereocenters. The van der Waals surface area contributed by atoms with E-state index in [1.54, 1.807) is 12.1 Å². The molecule has 2 atom stereocenters. The van der Waals surface area contributed by atoms with Gasteiger partial charge >= 0.3 is 0 Å². The summed E-state index contributed by atoms with van der Waals surface area (Å²) in [4.78, 5) is 0.412. The van der Waals surface area contributed by atoms with Gasteiger partial charge in [-0.2, -0.15) is 0 Å². The van der Waals surface area contributed by atoms with Crippen molar-refractivity contribution in [2.45, 2.75) is 30.7 Å². The van der Waals surface area contributed by atoms with Crippen molar-refractivity contribution in [2.75, 3.05) is 12.8 Å². The van der Waals surface area contributed by atoms with Gasteiger partial charge in [0.1, 0.15) is 0 Å². The molecule has 4 heteroatoms. The molecule has 94 valence electrons. The average molecular weight is 253 g/mol. The Hall–Kier alpha value is -0.870. The molecule has 1 heterocycles. The topological polar surface area (TPSA) is 46.2 Å². The minimum absolute atomic E-state index is 0.299. The van der Waals surface area contributed by atoms with E-state index in [0.717, 1.165) is 18.5 Å². The first-order chi connectivity index (χ1) is 7.97. The van der Waals surface area contributed by atoms with Crippen LogP contribution in [0.2, 0.25) is 0 Å². The maximum Gasteiger partial charge on any atom is 0.175 e. The summed E-state index contributed by atoms with van der Waals surface area (Å²) >= 11 is 0. The monoisotopic (exact) mass is 253 g/mol. The molecule has 1 aromatic rings. The van der Waals surface area contributed by atoms with E-state index in [2.05, 4.69) is 12.2 Å². The zero-order valence-corrected chi connectivity index (χ0v) is 11.1. The van der Waals surface area contributed by atoms with E-state index in [1.807, 2.05) is 12.1 Å². The Kier molecular flexibility index (Phi) is 3.54. The SMILES string of the molecule is CC1CC[C@@H](c2cccc(S(C)(=O)=O)c2)NC1. The average Bonchev–Trinajstić information content (AvgIpc) is 2.29. The summed E-state index contributed by atoms with van der Waals surface area (Å²) in [6, 6.07) is 7.58. The van der Waals surface area contributed by atoms with Crippen LogP contribution in [0.15, 0.2) is 29.2 Å². The van der Waals surface area contributed by atoms with E-state index < -0.39 is 9.84 Å². The van der Waals surface area contributed by atoms with Crippen LogP contribution in [0.4, 0.5) is 0 Å². The summed E-state index contributed by atoms with van der Waals surface area (Å²) in [5.74, 6) is 0.712. The van der Waals surface area contributed by atoms with E-state index in [1.165, 1.54) is 12.7 Å². The Labute approximate surface area is 103 Å². The van der Waals surface area contributed by atoms with E-state index >= 15 is 0 Å². The van der Waals surface area contributed by atoms with Crippen LogP contribution in [0.3, 0.4) is 0 Å². The summed E-state index contributed by atoms with van der Waals surface area (Å²) in [5, 5.41) is 3.47. The molecule has 1 N–H and O–H groups in total. The molecule has 0 bridgehead atoms. The Morgan fingerprint density at radius 2 is 2.06 bits per heavy atom. The van der Waals surface area contributed by atoms with E-state index in [4.69, 9.17) is 0 Å². The first-order valence-corrected chi connectivity index (χ1v) is 7.89. The summed E-state index contributed by atoms with van der Waals surface area (Å²) in [6.45, 7) is 3.24. The zero-order valence-electron chi connectivity index (χ0n) is 10.3. The van der Waals surface area contributed by atoms with E-state index in [-0.39, 0.29) is 0 Å². The maximum atomic E-state index is 11.5. The first kappa shape index (κ1) is 12.6. The van der Waals surface area contributed by atoms with Crippen LogP contribution in [0.25, 0.3) is 0 Å². The van der Waals surface area contributed by atoms with Crippen LogP contribution in [-0.4, -0.2) is 21.2 Å². The van der Waals surface area contributed by atoms with Gasteiger partial charge < -0.3 is 5.32 Å². The van der Waals surface area contributed by atoms with Crippen molar-refractivity contribution < 1.29 is 8.42 Å². The Bertz CT molecular complexity index is 488. The van der Waals surface area contributed by atoms with Gasteiger partial charge in [-0.05, 0) is 43.0 Å². The second kappa shape index (κ2) is 4.78. The predicted molar refractivity (Wildman–Crippen MR) is 68.7 cm³/mol. The Morgan fingerprint density at radius 3 is 2.65 bits per heavy atom. The molecule has 1 aliphatic rings. The molecule has 0 aliphatic carbocycles. The van der Waals surface area contributed by atoms with Gasteiger partial charge in [0.05, 0.1) is 4.90 Å². The van der Waals surface area contributed by atoms with Gasteiger partial charge in [0.15, 0.2) is 9.84 Å². The number of benzene rings is 1. The molecule has 0 saturated carbocycles. The molecular weight excluding hydrogens is 234 g/mol. The third-order valence-corrected chi connectivity index (χ3v) is 4.46. The van der Waals surface area contributed by atoms with Crippen molar-refractivity contribution in [1.29, 1.82) is 0 Å². The molecule has 1 aliphatic heterocycles. The summed E-state index contributed by atoms with van der Waals surface area (Å²) in [7, 11) is -3.10. The third-order valence-electron chi connectivity index (χ3n) is 3.35. The lowest BCUT2D eigenvalue weighted by Gasteiger charge is -2.28. The normalized spacial score (nSPS) is 25.8. The quantitative estimate of drug-likeness (QED) is 0.878. The van der Waals surface area contributed by atoms with Gasteiger partial charge in [0, 0.05) is 12.3 Å². The molecule has 1 aromatic carbocycles. The van der Waals surface area contributed by atoms with E-state index in [0.29, 0.717) is 16.9 Å². The number of nitrogens with one attached hydrogen (secondary N) is 1. The summed E-state index contributed by atoms with van der Waals surface area (Å²) in [5.41, 5.74) is 1.08. The standard InChI is InChI=1S/C13H19NO2S/c1-10-6-7-13(14-9-10)11-4-3-5-12(8-11)17(2,15)16/h3-5,8,10,13-14H,6-7,9H2,1-2H3/t10?,13-/m0/s1. The minimum atomic E-state index is -3.10. The van der Waals surface area contributed by atoms with Gasteiger partial charge in [-0.15, -0.1) is 0 Å². The second-order valence-corrected chi connectivity index (χ2v) is 7.00. The molecule has 0 radical (unpaired) electrons. The largest absolute Gasteiger partial charge is 0.310 e. The van der Waals surface area contributed by atoms with Crippen molar-refractivity contribution in [3.05, 3.63) is 29.8 Å². The lowest BCUT2D eigenvalue weighted by Crippen LogP contribution is -2.31. The number of hydrogen-bond donors (Lipinski definition) is 1. The molecular formula is C13H19NO2S. The van der Waals surface area contributed by atoms with Gasteiger partial charge in [0.25, 0.3) is 0 Å².